The minimum Gasteiger partial charge on any atom is -0.410 e. The molecular formula is C13H16N2O3. The van der Waals surface area contributed by atoms with E-state index in [0.717, 1.165) is 12.8 Å². The Morgan fingerprint density at radius 1 is 1.28 bits per heavy atom. The van der Waals surface area contributed by atoms with Gasteiger partial charge in [0.05, 0.1) is 0 Å². The monoisotopic (exact) mass is 248 g/mol. The van der Waals surface area contributed by atoms with E-state index in [4.69, 9.17) is 4.74 Å². The molecule has 1 aromatic carbocycles. The Morgan fingerprint density at radius 2 is 2.06 bits per heavy atom. The van der Waals surface area contributed by atoms with Crippen molar-refractivity contribution >= 4 is 12.0 Å². The number of hydrogen-bond acceptors (Lipinski definition) is 3. The topological polar surface area (TPSA) is 67.4 Å². The third kappa shape index (κ3) is 3.48. The highest BCUT2D eigenvalue weighted by atomic mass is 16.6. The van der Waals surface area contributed by atoms with Gasteiger partial charge in [-0.05, 0) is 31.4 Å². The molecule has 1 atom stereocenters. The van der Waals surface area contributed by atoms with E-state index >= 15 is 0 Å². The molecule has 96 valence electrons. The van der Waals surface area contributed by atoms with Gasteiger partial charge in [0, 0.05) is 6.54 Å². The quantitative estimate of drug-likeness (QED) is 0.832. The molecule has 1 aliphatic rings. The first-order valence-corrected chi connectivity index (χ1v) is 6.07. The lowest BCUT2D eigenvalue weighted by atomic mass is 10.1. The van der Waals surface area contributed by atoms with Crippen molar-refractivity contribution in [2.75, 3.05) is 6.54 Å². The van der Waals surface area contributed by atoms with Crippen molar-refractivity contribution in [3.63, 3.8) is 0 Å². The largest absolute Gasteiger partial charge is 0.413 e. The summed E-state index contributed by atoms with van der Waals surface area (Å²) in [4.78, 5) is 23.2. The van der Waals surface area contributed by atoms with Crippen molar-refractivity contribution in [3.8, 4) is 5.75 Å². The number of hydrogen-bond donors (Lipinski definition) is 2. The molecule has 0 saturated carbocycles. The Bertz CT molecular complexity index is 420. The van der Waals surface area contributed by atoms with Gasteiger partial charge in [0.25, 0.3) is 0 Å². The molecule has 1 aliphatic heterocycles. The molecule has 5 nitrogen and oxygen atoms in total. The average Bonchev–Trinajstić information content (AvgIpc) is 2.56. The number of ether oxygens (including phenoxy) is 1. The Morgan fingerprint density at radius 3 is 2.83 bits per heavy atom. The van der Waals surface area contributed by atoms with E-state index in [1.807, 2.05) is 6.07 Å². The molecule has 1 heterocycles. The van der Waals surface area contributed by atoms with E-state index in [-0.39, 0.29) is 5.91 Å². The zero-order chi connectivity index (χ0) is 12.8. The van der Waals surface area contributed by atoms with Gasteiger partial charge in [0.1, 0.15) is 11.8 Å². The van der Waals surface area contributed by atoms with E-state index in [1.54, 1.807) is 24.3 Å². The summed E-state index contributed by atoms with van der Waals surface area (Å²) >= 11 is 0. The van der Waals surface area contributed by atoms with Crippen LogP contribution in [0.5, 0.6) is 5.75 Å². The number of rotatable bonds is 2. The van der Waals surface area contributed by atoms with Crippen molar-refractivity contribution in [2.24, 2.45) is 0 Å². The van der Waals surface area contributed by atoms with Gasteiger partial charge in [-0.25, -0.2) is 4.79 Å². The summed E-state index contributed by atoms with van der Waals surface area (Å²) in [6, 6.07) is 8.27. The van der Waals surface area contributed by atoms with Crippen molar-refractivity contribution in [1.82, 2.24) is 10.6 Å². The molecule has 1 fully saturated rings. The maximum absolute atomic E-state index is 11.6. The van der Waals surface area contributed by atoms with Crippen LogP contribution in [0.3, 0.4) is 0 Å². The Hall–Kier alpha value is -2.04. The minimum atomic E-state index is -0.594. The van der Waals surface area contributed by atoms with Crippen molar-refractivity contribution < 1.29 is 14.3 Å². The zero-order valence-electron chi connectivity index (χ0n) is 10.0. The molecule has 2 N–H and O–H groups in total. The second-order valence-corrected chi connectivity index (χ2v) is 4.19. The number of para-hydroxylation sites is 1. The molecule has 0 bridgehead atoms. The van der Waals surface area contributed by atoms with Crippen molar-refractivity contribution in [3.05, 3.63) is 30.3 Å². The van der Waals surface area contributed by atoms with Gasteiger partial charge in [0.15, 0.2) is 0 Å². The van der Waals surface area contributed by atoms with E-state index in [0.29, 0.717) is 18.7 Å². The van der Waals surface area contributed by atoms with E-state index in [9.17, 15) is 9.59 Å². The van der Waals surface area contributed by atoms with Crippen molar-refractivity contribution in [1.29, 1.82) is 0 Å². The third-order valence-corrected chi connectivity index (χ3v) is 2.78. The molecule has 1 saturated heterocycles. The Kier molecular flexibility index (Phi) is 4.17. The second kappa shape index (κ2) is 6.05. The summed E-state index contributed by atoms with van der Waals surface area (Å²) in [5, 5.41) is 5.34. The van der Waals surface area contributed by atoms with Gasteiger partial charge < -0.3 is 15.4 Å². The second-order valence-electron chi connectivity index (χ2n) is 4.19. The summed E-state index contributed by atoms with van der Waals surface area (Å²) in [7, 11) is 0. The van der Waals surface area contributed by atoms with Crippen LogP contribution in [-0.4, -0.2) is 24.6 Å². The number of carbonyl (C=O) groups excluding carboxylic acids is 2. The number of carbonyl (C=O) groups is 2. The van der Waals surface area contributed by atoms with Gasteiger partial charge in [0.2, 0.25) is 5.91 Å². The average molecular weight is 248 g/mol. The highest BCUT2D eigenvalue weighted by molar-refractivity contribution is 5.86. The smallest absolute Gasteiger partial charge is 0.410 e. The molecule has 18 heavy (non-hydrogen) atoms. The number of amides is 2. The molecule has 0 radical (unpaired) electrons. The summed E-state index contributed by atoms with van der Waals surface area (Å²) in [5.41, 5.74) is 0. The molecule has 5 heteroatoms. The zero-order valence-corrected chi connectivity index (χ0v) is 10.0. The van der Waals surface area contributed by atoms with E-state index < -0.39 is 12.1 Å². The van der Waals surface area contributed by atoms with Crippen LogP contribution in [-0.2, 0) is 4.79 Å². The lowest BCUT2D eigenvalue weighted by Gasteiger charge is -2.14. The molecule has 0 spiro atoms. The Balaban J connectivity index is 1.88. The first-order chi connectivity index (χ1) is 8.75. The third-order valence-electron chi connectivity index (χ3n) is 2.78. The van der Waals surface area contributed by atoms with Gasteiger partial charge in [-0.3, -0.25) is 4.79 Å². The van der Waals surface area contributed by atoms with Crippen LogP contribution >= 0.6 is 0 Å². The van der Waals surface area contributed by atoms with Crippen LogP contribution in [0.4, 0.5) is 4.79 Å². The minimum absolute atomic E-state index is 0.141. The molecule has 0 aliphatic carbocycles. The molecular weight excluding hydrogens is 232 g/mol. The Labute approximate surface area is 106 Å². The summed E-state index contributed by atoms with van der Waals surface area (Å²) in [6.07, 6.45) is 1.91. The molecule has 2 rings (SSSR count). The van der Waals surface area contributed by atoms with Crippen molar-refractivity contribution in [2.45, 2.75) is 25.3 Å². The van der Waals surface area contributed by atoms with Crippen LogP contribution in [0, 0.1) is 0 Å². The maximum Gasteiger partial charge on any atom is 0.413 e. The maximum atomic E-state index is 11.6. The van der Waals surface area contributed by atoms with Crippen LogP contribution in [0.15, 0.2) is 30.3 Å². The lowest BCUT2D eigenvalue weighted by Crippen LogP contribution is -2.46. The summed E-state index contributed by atoms with van der Waals surface area (Å²) < 4.78 is 5.08. The highest BCUT2D eigenvalue weighted by Crippen LogP contribution is 2.10. The first-order valence-electron chi connectivity index (χ1n) is 6.07. The fraction of sp³-hybridized carbons (Fsp3) is 0.385. The standard InChI is InChI=1S/C13H16N2O3/c16-12-11(8-4-5-9-14-12)15-13(17)18-10-6-2-1-3-7-10/h1-3,6-7,11H,4-5,8-9H2,(H,14,16)(H,15,17). The van der Waals surface area contributed by atoms with Crippen LogP contribution in [0.25, 0.3) is 0 Å². The molecule has 2 amide bonds. The lowest BCUT2D eigenvalue weighted by molar-refractivity contribution is -0.122. The fourth-order valence-corrected chi connectivity index (χ4v) is 1.84. The van der Waals surface area contributed by atoms with E-state index in [2.05, 4.69) is 10.6 Å². The van der Waals surface area contributed by atoms with E-state index in [1.165, 1.54) is 0 Å². The van der Waals surface area contributed by atoms with Crippen LogP contribution < -0.4 is 15.4 Å². The fourth-order valence-electron chi connectivity index (χ4n) is 1.84. The molecule has 1 unspecified atom stereocenters. The van der Waals surface area contributed by atoms with Gasteiger partial charge >= 0.3 is 6.09 Å². The number of benzene rings is 1. The predicted molar refractivity (Wildman–Crippen MR) is 66.3 cm³/mol. The normalized spacial score (nSPS) is 19.6. The number of nitrogens with one attached hydrogen (secondary N) is 2. The summed E-state index contributed by atoms with van der Waals surface area (Å²) in [6.45, 7) is 0.671. The summed E-state index contributed by atoms with van der Waals surface area (Å²) in [5.74, 6) is 0.321. The van der Waals surface area contributed by atoms with Gasteiger partial charge in [-0.1, -0.05) is 18.2 Å². The van der Waals surface area contributed by atoms with Crippen LogP contribution in [0.2, 0.25) is 0 Å². The molecule has 0 aromatic heterocycles. The van der Waals surface area contributed by atoms with Gasteiger partial charge in [-0.15, -0.1) is 0 Å². The first kappa shape index (κ1) is 12.4. The SMILES string of the molecule is O=C(NC1CCCCNC1=O)Oc1ccccc1. The van der Waals surface area contributed by atoms with Gasteiger partial charge in [-0.2, -0.15) is 0 Å². The predicted octanol–water partition coefficient (Wildman–Crippen LogP) is 1.44. The highest BCUT2D eigenvalue weighted by Gasteiger charge is 2.22. The van der Waals surface area contributed by atoms with Crippen LogP contribution in [0.1, 0.15) is 19.3 Å². The molecule has 1 aromatic rings.